The number of fused-ring (bicyclic) bond motifs is 1. The number of aromatic nitrogens is 6. The summed E-state index contributed by atoms with van der Waals surface area (Å²) in [6, 6.07) is 16.5. The molecule has 2 N–H and O–H groups in total. The third kappa shape index (κ3) is 5.30. The van der Waals surface area contributed by atoms with Crippen molar-refractivity contribution in [3.8, 4) is 11.3 Å². The van der Waals surface area contributed by atoms with Crippen LogP contribution in [0.3, 0.4) is 0 Å². The first kappa shape index (κ1) is 23.7. The van der Waals surface area contributed by atoms with Gasteiger partial charge in [0, 0.05) is 29.6 Å². The zero-order valence-electron chi connectivity index (χ0n) is 20.0. The van der Waals surface area contributed by atoms with E-state index < -0.39 is 5.97 Å². The van der Waals surface area contributed by atoms with Crippen molar-refractivity contribution < 1.29 is 14.3 Å². The predicted octanol–water partition coefficient (Wildman–Crippen LogP) is 3.46. The first-order valence-corrected chi connectivity index (χ1v) is 11.7. The molecule has 3 heterocycles. The van der Waals surface area contributed by atoms with E-state index >= 15 is 0 Å². The van der Waals surface area contributed by atoms with Crippen LogP contribution in [-0.2, 0) is 16.1 Å². The second kappa shape index (κ2) is 10.7. The van der Waals surface area contributed by atoms with Crippen molar-refractivity contribution in [2.24, 2.45) is 0 Å². The first-order chi connectivity index (χ1) is 18.1. The van der Waals surface area contributed by atoms with Crippen molar-refractivity contribution in [1.82, 2.24) is 34.7 Å². The van der Waals surface area contributed by atoms with Crippen LogP contribution >= 0.6 is 0 Å². The largest absolute Gasteiger partial charge is 0.465 e. The van der Waals surface area contributed by atoms with Gasteiger partial charge in [0.2, 0.25) is 0 Å². The van der Waals surface area contributed by atoms with E-state index in [-0.39, 0.29) is 25.6 Å². The number of anilines is 2. The van der Waals surface area contributed by atoms with E-state index in [2.05, 4.69) is 30.6 Å². The van der Waals surface area contributed by atoms with Crippen LogP contribution in [0.2, 0.25) is 0 Å². The maximum Gasteiger partial charge on any atom is 0.325 e. The number of carbonyl (C=O) groups excluding carboxylic acids is 2. The number of nitrogens with zero attached hydrogens (tertiary/aromatic N) is 6. The fraction of sp³-hybridized carbons (Fsp3) is 0.154. The molecule has 0 spiro atoms. The van der Waals surface area contributed by atoms with E-state index in [1.165, 1.54) is 11.2 Å². The van der Waals surface area contributed by atoms with Gasteiger partial charge in [0.25, 0.3) is 5.91 Å². The number of carbonyl (C=O) groups is 2. The molecule has 0 fully saturated rings. The van der Waals surface area contributed by atoms with E-state index in [9.17, 15) is 9.59 Å². The van der Waals surface area contributed by atoms with Crippen molar-refractivity contribution in [2.45, 2.75) is 13.5 Å². The van der Waals surface area contributed by atoms with E-state index in [0.29, 0.717) is 22.7 Å². The number of nitrogens with one attached hydrogen (secondary N) is 2. The summed E-state index contributed by atoms with van der Waals surface area (Å²) in [4.78, 5) is 35.8. The molecular formula is C26H24N8O3. The summed E-state index contributed by atoms with van der Waals surface area (Å²) in [6.45, 7) is 2.14. The molecule has 0 aliphatic heterocycles. The van der Waals surface area contributed by atoms with E-state index in [0.717, 1.165) is 16.8 Å². The van der Waals surface area contributed by atoms with Gasteiger partial charge < -0.3 is 15.0 Å². The van der Waals surface area contributed by atoms with Crippen molar-refractivity contribution in [3.05, 3.63) is 90.6 Å². The predicted molar refractivity (Wildman–Crippen MR) is 136 cm³/mol. The van der Waals surface area contributed by atoms with Gasteiger partial charge in [-0.3, -0.25) is 14.7 Å². The van der Waals surface area contributed by atoms with Gasteiger partial charge in [0.05, 0.1) is 24.7 Å². The van der Waals surface area contributed by atoms with Crippen LogP contribution in [0.15, 0.2) is 79.5 Å². The smallest absolute Gasteiger partial charge is 0.325 e. The van der Waals surface area contributed by atoms with Gasteiger partial charge >= 0.3 is 5.97 Å². The Hall–Kier alpha value is -5.06. The zero-order chi connectivity index (χ0) is 25.6. The van der Waals surface area contributed by atoms with Crippen LogP contribution in [0.1, 0.15) is 22.8 Å². The van der Waals surface area contributed by atoms with Gasteiger partial charge in [0.15, 0.2) is 11.5 Å². The molecule has 0 unspecified atom stereocenters. The van der Waals surface area contributed by atoms with Crippen molar-refractivity contribution >= 4 is 29.0 Å². The molecule has 0 atom stereocenters. The molecule has 186 valence electrons. The molecule has 2 aromatic carbocycles. The van der Waals surface area contributed by atoms with Gasteiger partial charge in [-0.15, -0.1) is 0 Å². The minimum atomic E-state index is -0.452. The van der Waals surface area contributed by atoms with Crippen LogP contribution in [0.25, 0.3) is 16.9 Å². The summed E-state index contributed by atoms with van der Waals surface area (Å²) in [7, 11) is 0. The molecule has 1 amide bonds. The van der Waals surface area contributed by atoms with Gasteiger partial charge in [0.1, 0.15) is 12.9 Å². The SMILES string of the molecule is CCOC(=O)CN(Cc1ccccc1)C(=O)c1ccc(Nc2ncc(-c3cn[nH]c3)n3ncnc23)cc1. The van der Waals surface area contributed by atoms with Crippen molar-refractivity contribution in [3.63, 3.8) is 0 Å². The second-order valence-corrected chi connectivity index (χ2v) is 8.13. The number of benzene rings is 2. The van der Waals surface area contributed by atoms with Crippen molar-refractivity contribution in [1.29, 1.82) is 0 Å². The maximum atomic E-state index is 13.3. The Morgan fingerprint density at radius 3 is 2.59 bits per heavy atom. The zero-order valence-corrected chi connectivity index (χ0v) is 20.0. The highest BCUT2D eigenvalue weighted by molar-refractivity contribution is 5.96. The summed E-state index contributed by atoms with van der Waals surface area (Å²) >= 11 is 0. The first-order valence-electron chi connectivity index (χ1n) is 11.7. The van der Waals surface area contributed by atoms with Gasteiger partial charge in [-0.2, -0.15) is 10.2 Å². The Kier molecular flexibility index (Phi) is 6.84. The highest BCUT2D eigenvalue weighted by Gasteiger charge is 2.20. The number of aromatic amines is 1. The Labute approximate surface area is 212 Å². The van der Waals surface area contributed by atoms with Crippen molar-refractivity contribution in [2.75, 3.05) is 18.5 Å². The van der Waals surface area contributed by atoms with Crippen LogP contribution in [0.4, 0.5) is 11.5 Å². The molecule has 5 rings (SSSR count). The number of hydrogen-bond acceptors (Lipinski definition) is 8. The van der Waals surface area contributed by atoms with Gasteiger partial charge in [-0.05, 0) is 36.8 Å². The third-order valence-electron chi connectivity index (χ3n) is 5.62. The number of rotatable bonds is 9. The Morgan fingerprint density at radius 2 is 1.86 bits per heavy atom. The summed E-state index contributed by atoms with van der Waals surface area (Å²) in [5, 5.41) is 14.3. The summed E-state index contributed by atoms with van der Waals surface area (Å²) in [5.41, 5.74) is 4.20. The number of hydrogen-bond donors (Lipinski definition) is 2. The van der Waals surface area contributed by atoms with Crippen LogP contribution in [-0.4, -0.2) is 59.7 Å². The lowest BCUT2D eigenvalue weighted by molar-refractivity contribution is -0.143. The molecular weight excluding hydrogens is 472 g/mol. The molecule has 5 aromatic rings. The molecule has 0 saturated heterocycles. The normalized spacial score (nSPS) is 10.8. The second-order valence-electron chi connectivity index (χ2n) is 8.13. The van der Waals surface area contributed by atoms with Gasteiger partial charge in [-0.1, -0.05) is 30.3 Å². The highest BCUT2D eigenvalue weighted by atomic mass is 16.5. The molecule has 0 bridgehead atoms. The van der Waals surface area contributed by atoms with E-state index in [1.54, 1.807) is 54.3 Å². The fourth-order valence-corrected chi connectivity index (χ4v) is 3.87. The van der Waals surface area contributed by atoms with Crippen LogP contribution in [0.5, 0.6) is 0 Å². The van der Waals surface area contributed by atoms with Crippen LogP contribution < -0.4 is 5.32 Å². The Morgan fingerprint density at radius 1 is 1.05 bits per heavy atom. The average Bonchev–Trinajstić information content (AvgIpc) is 3.63. The number of esters is 1. The van der Waals surface area contributed by atoms with E-state index in [1.807, 2.05) is 30.3 Å². The Bertz CT molecular complexity index is 1500. The fourth-order valence-electron chi connectivity index (χ4n) is 3.87. The summed E-state index contributed by atoms with van der Waals surface area (Å²) in [5.74, 6) is -0.213. The lowest BCUT2D eigenvalue weighted by Gasteiger charge is -2.22. The summed E-state index contributed by atoms with van der Waals surface area (Å²) < 4.78 is 6.75. The minimum absolute atomic E-state index is 0.140. The minimum Gasteiger partial charge on any atom is -0.465 e. The van der Waals surface area contributed by atoms with E-state index in [4.69, 9.17) is 4.74 Å². The van der Waals surface area contributed by atoms with Gasteiger partial charge in [-0.25, -0.2) is 14.5 Å². The molecule has 11 heteroatoms. The molecule has 11 nitrogen and oxygen atoms in total. The molecule has 0 saturated carbocycles. The summed E-state index contributed by atoms with van der Waals surface area (Å²) in [6.07, 6.45) is 6.58. The maximum absolute atomic E-state index is 13.3. The highest BCUT2D eigenvalue weighted by Crippen LogP contribution is 2.24. The molecule has 0 radical (unpaired) electrons. The average molecular weight is 497 g/mol. The molecule has 37 heavy (non-hydrogen) atoms. The standard InChI is InChI=1S/C26H24N8O3/c1-2-37-23(35)16-33(15-18-6-4-3-5-7-18)26(36)19-8-10-21(11-9-19)32-24-25-28-17-31-34(25)22(14-27-24)20-12-29-30-13-20/h3-14,17H,2,15-16H2,1H3,(H,27,32)(H,29,30). The molecule has 3 aromatic heterocycles. The lowest BCUT2D eigenvalue weighted by Crippen LogP contribution is -2.36. The third-order valence-corrected chi connectivity index (χ3v) is 5.62. The quantitative estimate of drug-likeness (QED) is 0.297. The Balaban J connectivity index is 1.34. The monoisotopic (exact) mass is 496 g/mol. The number of H-pyrrole nitrogens is 1. The van der Waals surface area contributed by atoms with Crippen LogP contribution in [0, 0.1) is 0 Å². The molecule has 0 aliphatic rings. The molecule has 0 aliphatic carbocycles. The number of ether oxygens (including phenoxy) is 1. The number of amides is 1. The topological polar surface area (TPSA) is 130 Å². The lowest BCUT2D eigenvalue weighted by atomic mass is 10.1.